The van der Waals surface area contributed by atoms with E-state index in [0.717, 1.165) is 16.7 Å². The van der Waals surface area contributed by atoms with Crippen LogP contribution in [-0.4, -0.2) is 87.3 Å². The molecule has 1 heterocycles. The molecule has 2 N–H and O–H groups in total. The number of hydrogen-bond acceptors (Lipinski definition) is 6. The predicted molar refractivity (Wildman–Crippen MR) is 179 cm³/mol. The van der Waals surface area contributed by atoms with E-state index in [1.54, 1.807) is 48.5 Å². The molecule has 0 aliphatic carbocycles. The minimum atomic E-state index is -4.05. The quantitative estimate of drug-likeness (QED) is 0.249. The molecule has 0 aromatic heterocycles. The molecule has 1 atom stereocenters. The standard InChI is InChI=1S/C35H39N5O5S/c1-38(2)22-21-36-34(41)33-25-39(35(42)37-30-15-17-31(18-16-30)45-26-27-9-5-3-6-10-27)23-24-40(33)46(43,44)32-19-13-29(14-20-32)28-11-7-4-8-12-28/h3-20,33H,21-26H2,1-2H3,(H,36,41)(H,37,42). The van der Waals surface area contributed by atoms with Crippen LogP contribution in [0.15, 0.2) is 114 Å². The topological polar surface area (TPSA) is 111 Å². The van der Waals surface area contributed by atoms with Crippen molar-refractivity contribution in [1.82, 2.24) is 19.4 Å². The normalized spacial score (nSPS) is 15.4. The lowest BCUT2D eigenvalue weighted by molar-refractivity contribution is -0.126. The van der Waals surface area contributed by atoms with E-state index in [2.05, 4.69) is 10.6 Å². The summed E-state index contributed by atoms with van der Waals surface area (Å²) < 4.78 is 34.8. The van der Waals surface area contributed by atoms with Crippen LogP contribution in [0, 0.1) is 0 Å². The summed E-state index contributed by atoms with van der Waals surface area (Å²) in [5.41, 5.74) is 3.46. The minimum Gasteiger partial charge on any atom is -0.489 e. The second kappa shape index (κ2) is 15.0. The number of nitrogens with one attached hydrogen (secondary N) is 2. The number of sulfonamides is 1. The number of hydrogen-bond donors (Lipinski definition) is 2. The summed E-state index contributed by atoms with van der Waals surface area (Å²) in [4.78, 5) is 30.2. The van der Waals surface area contributed by atoms with Gasteiger partial charge in [-0.3, -0.25) is 4.79 Å². The summed E-state index contributed by atoms with van der Waals surface area (Å²) in [5.74, 6) is 0.204. The molecule has 4 aromatic rings. The van der Waals surface area contributed by atoms with Gasteiger partial charge in [0, 0.05) is 38.4 Å². The number of piperazine rings is 1. The Morgan fingerprint density at radius 1 is 0.826 bits per heavy atom. The minimum absolute atomic E-state index is 0.0335. The van der Waals surface area contributed by atoms with Crippen molar-refractivity contribution >= 4 is 27.6 Å². The number of carbonyl (C=O) groups excluding carboxylic acids is 2. The summed E-state index contributed by atoms with van der Waals surface area (Å²) in [7, 11) is -0.274. The first-order valence-electron chi connectivity index (χ1n) is 15.1. The number of urea groups is 1. The fourth-order valence-corrected chi connectivity index (χ4v) is 6.71. The Hall–Kier alpha value is -4.71. The fourth-order valence-electron chi connectivity index (χ4n) is 5.14. The van der Waals surface area contributed by atoms with Gasteiger partial charge in [-0.1, -0.05) is 72.8 Å². The van der Waals surface area contributed by atoms with Gasteiger partial charge in [0.25, 0.3) is 0 Å². The zero-order chi connectivity index (χ0) is 32.5. The molecule has 46 heavy (non-hydrogen) atoms. The van der Waals surface area contributed by atoms with Crippen molar-refractivity contribution in [1.29, 1.82) is 0 Å². The Kier molecular flexibility index (Phi) is 10.7. The average Bonchev–Trinajstić information content (AvgIpc) is 3.08. The molecule has 1 saturated heterocycles. The maximum absolute atomic E-state index is 13.9. The molecule has 1 unspecified atom stereocenters. The monoisotopic (exact) mass is 641 g/mol. The average molecular weight is 642 g/mol. The van der Waals surface area contributed by atoms with Crippen LogP contribution in [0.5, 0.6) is 5.75 Å². The third-order valence-corrected chi connectivity index (χ3v) is 9.62. The number of carbonyl (C=O) groups is 2. The van der Waals surface area contributed by atoms with Crippen LogP contribution in [0.2, 0.25) is 0 Å². The molecule has 0 radical (unpaired) electrons. The van der Waals surface area contributed by atoms with Crippen molar-refractivity contribution in [3.8, 4) is 16.9 Å². The van der Waals surface area contributed by atoms with Gasteiger partial charge < -0.3 is 25.2 Å². The molecule has 0 spiro atoms. The van der Waals surface area contributed by atoms with E-state index in [0.29, 0.717) is 31.1 Å². The van der Waals surface area contributed by atoms with E-state index in [1.807, 2.05) is 79.7 Å². The largest absolute Gasteiger partial charge is 0.489 e. The van der Waals surface area contributed by atoms with Gasteiger partial charge in [0.2, 0.25) is 15.9 Å². The highest BCUT2D eigenvalue weighted by atomic mass is 32.2. The van der Waals surface area contributed by atoms with Gasteiger partial charge in [-0.15, -0.1) is 0 Å². The number of benzene rings is 4. The third kappa shape index (κ3) is 8.30. The number of anilines is 1. The maximum Gasteiger partial charge on any atom is 0.321 e. The predicted octanol–water partition coefficient (Wildman–Crippen LogP) is 4.52. The lowest BCUT2D eigenvalue weighted by Crippen LogP contribution is -2.62. The number of ether oxygens (including phenoxy) is 1. The first-order chi connectivity index (χ1) is 22.2. The number of nitrogens with zero attached hydrogens (tertiary/aromatic N) is 3. The fraction of sp³-hybridized carbons (Fsp3) is 0.257. The van der Waals surface area contributed by atoms with E-state index >= 15 is 0 Å². The van der Waals surface area contributed by atoms with Crippen molar-refractivity contribution in [3.05, 3.63) is 115 Å². The number of amides is 3. The van der Waals surface area contributed by atoms with Crippen molar-refractivity contribution in [2.75, 3.05) is 52.1 Å². The van der Waals surface area contributed by atoms with Crippen LogP contribution >= 0.6 is 0 Å². The van der Waals surface area contributed by atoms with E-state index in [1.165, 1.54) is 9.21 Å². The zero-order valence-electron chi connectivity index (χ0n) is 26.0. The molecule has 0 saturated carbocycles. The smallest absolute Gasteiger partial charge is 0.321 e. The first-order valence-corrected chi connectivity index (χ1v) is 16.6. The molecule has 5 rings (SSSR count). The molecular formula is C35H39N5O5S. The SMILES string of the molecule is CN(C)CCNC(=O)C1CN(C(=O)Nc2ccc(OCc3ccccc3)cc2)CCN1S(=O)(=O)c1ccc(-c2ccccc2)cc1. The van der Waals surface area contributed by atoms with Crippen LogP contribution < -0.4 is 15.4 Å². The van der Waals surface area contributed by atoms with Crippen molar-refractivity contribution in [2.45, 2.75) is 17.5 Å². The summed E-state index contributed by atoms with van der Waals surface area (Å²) in [6.45, 7) is 1.34. The van der Waals surface area contributed by atoms with Gasteiger partial charge in [-0.2, -0.15) is 4.31 Å². The second-order valence-corrected chi connectivity index (χ2v) is 13.2. The maximum atomic E-state index is 13.9. The van der Waals surface area contributed by atoms with Crippen LogP contribution in [0.4, 0.5) is 10.5 Å². The van der Waals surface area contributed by atoms with Gasteiger partial charge in [-0.05, 0) is 67.2 Å². The van der Waals surface area contributed by atoms with E-state index in [-0.39, 0.29) is 24.5 Å². The third-order valence-electron chi connectivity index (χ3n) is 7.70. The van der Waals surface area contributed by atoms with Gasteiger partial charge in [0.05, 0.1) is 4.90 Å². The van der Waals surface area contributed by atoms with Crippen LogP contribution in [-0.2, 0) is 21.4 Å². The Morgan fingerprint density at radius 2 is 1.46 bits per heavy atom. The Labute approximate surface area is 270 Å². The highest BCUT2D eigenvalue weighted by Gasteiger charge is 2.41. The molecule has 4 aromatic carbocycles. The highest BCUT2D eigenvalue weighted by molar-refractivity contribution is 7.89. The van der Waals surface area contributed by atoms with Crippen molar-refractivity contribution in [3.63, 3.8) is 0 Å². The van der Waals surface area contributed by atoms with E-state index < -0.39 is 28.0 Å². The Morgan fingerprint density at radius 3 is 2.11 bits per heavy atom. The molecule has 1 aliphatic heterocycles. The molecule has 3 amide bonds. The van der Waals surface area contributed by atoms with Crippen LogP contribution in [0.25, 0.3) is 11.1 Å². The zero-order valence-corrected chi connectivity index (χ0v) is 26.8. The van der Waals surface area contributed by atoms with Crippen LogP contribution in [0.1, 0.15) is 5.56 Å². The van der Waals surface area contributed by atoms with Crippen LogP contribution in [0.3, 0.4) is 0 Å². The Balaban J connectivity index is 1.27. The first kappa shape index (κ1) is 32.7. The number of likely N-dealkylation sites (N-methyl/N-ethyl adjacent to an activating group) is 1. The summed E-state index contributed by atoms with van der Waals surface area (Å²) in [6, 6.07) is 31.6. The molecule has 10 nitrogen and oxygen atoms in total. The van der Waals surface area contributed by atoms with Gasteiger partial charge in [0.15, 0.2) is 0 Å². The van der Waals surface area contributed by atoms with Gasteiger partial charge >= 0.3 is 6.03 Å². The second-order valence-electron chi connectivity index (χ2n) is 11.3. The summed E-state index contributed by atoms with van der Waals surface area (Å²) >= 11 is 0. The molecule has 240 valence electrons. The van der Waals surface area contributed by atoms with Crippen molar-refractivity contribution in [2.24, 2.45) is 0 Å². The van der Waals surface area contributed by atoms with E-state index in [9.17, 15) is 18.0 Å². The van der Waals surface area contributed by atoms with Gasteiger partial charge in [0.1, 0.15) is 18.4 Å². The van der Waals surface area contributed by atoms with Crippen molar-refractivity contribution < 1.29 is 22.7 Å². The van der Waals surface area contributed by atoms with Gasteiger partial charge in [-0.25, -0.2) is 13.2 Å². The van der Waals surface area contributed by atoms with E-state index in [4.69, 9.17) is 4.74 Å². The number of rotatable bonds is 11. The Bertz CT molecular complexity index is 1700. The molecule has 0 bridgehead atoms. The molecule has 11 heteroatoms. The molecule has 1 fully saturated rings. The highest BCUT2D eigenvalue weighted by Crippen LogP contribution is 2.26. The molecule has 1 aliphatic rings. The summed E-state index contributed by atoms with van der Waals surface area (Å²) in [5, 5.41) is 5.71. The summed E-state index contributed by atoms with van der Waals surface area (Å²) in [6.07, 6.45) is 0. The molecular weight excluding hydrogens is 602 g/mol. The lowest BCUT2D eigenvalue weighted by Gasteiger charge is -2.39. The lowest BCUT2D eigenvalue weighted by atomic mass is 10.1.